The Balaban J connectivity index is 1.50. The summed E-state index contributed by atoms with van der Waals surface area (Å²) >= 11 is 0. The quantitative estimate of drug-likeness (QED) is 0.407. The molecule has 0 aliphatic heterocycles. The molecule has 2 amide bonds. The molecule has 1 atom stereocenters. The van der Waals surface area contributed by atoms with Gasteiger partial charge in [0.05, 0.1) is 18.8 Å². The maximum atomic E-state index is 13.3. The van der Waals surface area contributed by atoms with Gasteiger partial charge in [-0.2, -0.15) is 10.2 Å². The van der Waals surface area contributed by atoms with Gasteiger partial charge in [0.1, 0.15) is 11.7 Å². The second-order valence-electron chi connectivity index (χ2n) is 8.89. The molecule has 0 radical (unpaired) electrons. The normalized spacial score (nSPS) is 15.1. The predicted molar refractivity (Wildman–Crippen MR) is 129 cm³/mol. The van der Waals surface area contributed by atoms with Crippen molar-refractivity contribution in [2.75, 3.05) is 11.9 Å². The van der Waals surface area contributed by atoms with Crippen LogP contribution < -0.4 is 10.6 Å². The van der Waals surface area contributed by atoms with Crippen LogP contribution in [0.1, 0.15) is 54.0 Å². The van der Waals surface area contributed by atoms with E-state index in [1.54, 1.807) is 6.07 Å². The number of benzene rings is 1. The Hall–Kier alpha value is -3.46. The molecule has 0 bridgehead atoms. The van der Waals surface area contributed by atoms with Crippen molar-refractivity contribution in [3.05, 3.63) is 53.6 Å². The minimum Gasteiger partial charge on any atom is -0.394 e. The summed E-state index contributed by atoms with van der Waals surface area (Å²) in [5.41, 5.74) is 5.01. The third kappa shape index (κ3) is 5.20. The van der Waals surface area contributed by atoms with Gasteiger partial charge in [-0.1, -0.05) is 31.4 Å². The molecule has 1 aromatic carbocycles. The fraction of sp³-hybridized carbons (Fsp3) is 0.440. The van der Waals surface area contributed by atoms with E-state index in [1.165, 1.54) is 10.9 Å². The zero-order chi connectivity index (χ0) is 24.1. The van der Waals surface area contributed by atoms with Crippen LogP contribution in [0.4, 0.5) is 5.69 Å². The maximum Gasteiger partial charge on any atom is 0.270 e. The van der Waals surface area contributed by atoms with Crippen molar-refractivity contribution >= 4 is 17.5 Å². The second kappa shape index (κ2) is 10.6. The van der Waals surface area contributed by atoms with Gasteiger partial charge in [0.15, 0.2) is 0 Å². The van der Waals surface area contributed by atoms with Gasteiger partial charge in [-0.25, -0.2) is 0 Å². The number of carbonyl (C=O) groups is 2. The first-order chi connectivity index (χ1) is 16.5. The summed E-state index contributed by atoms with van der Waals surface area (Å²) in [6, 6.07) is 8.61. The van der Waals surface area contributed by atoms with Crippen molar-refractivity contribution in [2.24, 2.45) is 5.92 Å². The van der Waals surface area contributed by atoms with E-state index in [0.717, 1.165) is 54.6 Å². The van der Waals surface area contributed by atoms with Gasteiger partial charge in [0.25, 0.3) is 5.91 Å². The van der Waals surface area contributed by atoms with Gasteiger partial charge in [0, 0.05) is 23.1 Å². The number of nitrogens with one attached hydrogen (secondary N) is 3. The lowest BCUT2D eigenvalue weighted by atomic mass is 9.83. The number of anilines is 1. The minimum absolute atomic E-state index is 0.0717. The lowest BCUT2D eigenvalue weighted by Gasteiger charge is -2.30. The molecular weight excluding hydrogens is 432 g/mol. The lowest BCUT2D eigenvalue weighted by molar-refractivity contribution is -0.119. The van der Waals surface area contributed by atoms with Gasteiger partial charge in [-0.3, -0.25) is 19.4 Å². The summed E-state index contributed by atoms with van der Waals surface area (Å²) in [4.78, 5) is 26.4. The maximum absolute atomic E-state index is 13.3. The van der Waals surface area contributed by atoms with Crippen LogP contribution in [0, 0.1) is 19.8 Å². The first-order valence-corrected chi connectivity index (χ1v) is 11.8. The van der Waals surface area contributed by atoms with E-state index in [9.17, 15) is 14.7 Å². The molecule has 2 aromatic heterocycles. The van der Waals surface area contributed by atoms with E-state index in [-0.39, 0.29) is 30.9 Å². The number of carbonyl (C=O) groups excluding carboxylic acids is 2. The Morgan fingerprint density at radius 2 is 1.88 bits per heavy atom. The number of hydrogen-bond donors (Lipinski definition) is 4. The zero-order valence-corrected chi connectivity index (χ0v) is 19.7. The van der Waals surface area contributed by atoms with Crippen LogP contribution in [0.2, 0.25) is 0 Å². The van der Waals surface area contributed by atoms with E-state index in [0.29, 0.717) is 11.4 Å². The second-order valence-corrected chi connectivity index (χ2v) is 8.89. The van der Waals surface area contributed by atoms with Crippen LogP contribution in [0.15, 0.2) is 36.5 Å². The topological polar surface area (TPSA) is 125 Å². The fourth-order valence-electron chi connectivity index (χ4n) is 4.80. The van der Waals surface area contributed by atoms with Crippen molar-refractivity contribution in [3.63, 3.8) is 0 Å². The Bertz CT molecular complexity index is 1110. The summed E-state index contributed by atoms with van der Waals surface area (Å²) in [5, 5.41) is 26.5. The highest BCUT2D eigenvalue weighted by atomic mass is 16.3. The summed E-state index contributed by atoms with van der Waals surface area (Å²) in [6.45, 7) is 4.04. The first kappa shape index (κ1) is 23.7. The predicted octanol–water partition coefficient (Wildman–Crippen LogP) is 3.20. The highest BCUT2D eigenvalue weighted by molar-refractivity contribution is 6.00. The fourth-order valence-corrected chi connectivity index (χ4v) is 4.80. The number of aryl methyl sites for hydroxylation is 2. The summed E-state index contributed by atoms with van der Waals surface area (Å²) in [7, 11) is 0. The lowest BCUT2D eigenvalue weighted by Crippen LogP contribution is -2.49. The number of aromatic amines is 1. The van der Waals surface area contributed by atoms with Crippen LogP contribution in [0.25, 0.3) is 11.1 Å². The number of hydrogen-bond acceptors (Lipinski definition) is 5. The van der Waals surface area contributed by atoms with Crippen molar-refractivity contribution < 1.29 is 14.7 Å². The Morgan fingerprint density at radius 1 is 1.15 bits per heavy atom. The number of aromatic nitrogens is 4. The molecule has 4 N–H and O–H groups in total. The molecular formula is C25H32N6O3. The monoisotopic (exact) mass is 464 g/mol. The van der Waals surface area contributed by atoms with E-state index < -0.39 is 6.04 Å². The molecule has 1 aliphatic carbocycles. The SMILES string of the molecule is Cc1n[nH]c(C)c1-c1ccc(NC(=O)[C@@H](NC(=O)c2ccnn2CCO)C2CCCCC2)cc1. The third-order valence-electron chi connectivity index (χ3n) is 6.52. The van der Waals surface area contributed by atoms with Crippen molar-refractivity contribution in [1.82, 2.24) is 25.3 Å². The average molecular weight is 465 g/mol. The van der Waals surface area contributed by atoms with Crippen molar-refractivity contribution in [1.29, 1.82) is 0 Å². The zero-order valence-electron chi connectivity index (χ0n) is 19.7. The number of aliphatic hydroxyl groups is 1. The molecule has 3 aromatic rings. The summed E-state index contributed by atoms with van der Waals surface area (Å²) in [5.74, 6) is -0.516. The van der Waals surface area contributed by atoms with E-state index >= 15 is 0 Å². The van der Waals surface area contributed by atoms with Crippen molar-refractivity contribution in [2.45, 2.75) is 58.5 Å². The molecule has 0 unspecified atom stereocenters. The highest BCUT2D eigenvalue weighted by Crippen LogP contribution is 2.29. The third-order valence-corrected chi connectivity index (χ3v) is 6.52. The largest absolute Gasteiger partial charge is 0.394 e. The van der Waals surface area contributed by atoms with Gasteiger partial charge >= 0.3 is 0 Å². The molecule has 0 saturated heterocycles. The summed E-state index contributed by atoms with van der Waals surface area (Å²) < 4.78 is 1.45. The van der Waals surface area contributed by atoms with Crippen molar-refractivity contribution in [3.8, 4) is 11.1 Å². The Morgan fingerprint density at radius 3 is 2.53 bits per heavy atom. The number of nitrogens with zero attached hydrogens (tertiary/aromatic N) is 3. The Kier molecular flexibility index (Phi) is 7.42. The number of rotatable bonds is 8. The molecule has 180 valence electrons. The van der Waals surface area contributed by atoms with Gasteiger partial charge < -0.3 is 15.7 Å². The molecule has 2 heterocycles. The average Bonchev–Trinajstić information content (AvgIpc) is 3.44. The molecule has 9 nitrogen and oxygen atoms in total. The minimum atomic E-state index is -0.650. The molecule has 1 saturated carbocycles. The molecule has 9 heteroatoms. The van der Waals surface area contributed by atoms with Crippen LogP contribution in [-0.4, -0.2) is 49.5 Å². The smallest absolute Gasteiger partial charge is 0.270 e. The number of H-pyrrole nitrogens is 1. The number of amides is 2. The highest BCUT2D eigenvalue weighted by Gasteiger charge is 2.32. The Labute approximate surface area is 199 Å². The van der Waals surface area contributed by atoms with Gasteiger partial charge in [-0.05, 0) is 56.4 Å². The van der Waals surface area contributed by atoms with Gasteiger partial charge in [-0.15, -0.1) is 0 Å². The van der Waals surface area contributed by atoms with E-state index in [4.69, 9.17) is 0 Å². The van der Waals surface area contributed by atoms with Crippen LogP contribution in [0.5, 0.6) is 0 Å². The number of aliphatic hydroxyl groups excluding tert-OH is 1. The van der Waals surface area contributed by atoms with E-state index in [2.05, 4.69) is 25.9 Å². The van der Waals surface area contributed by atoms with Crippen LogP contribution in [0.3, 0.4) is 0 Å². The van der Waals surface area contributed by atoms with Crippen LogP contribution in [-0.2, 0) is 11.3 Å². The molecule has 1 fully saturated rings. The molecule has 4 rings (SSSR count). The molecule has 0 spiro atoms. The van der Waals surface area contributed by atoms with E-state index in [1.807, 2.05) is 38.1 Å². The standard InChI is InChI=1S/C25H32N6O3/c1-16-22(17(2)30-29-16)18-8-10-20(11-9-18)27-25(34)23(19-6-4-3-5-7-19)28-24(33)21-12-13-26-31(21)14-15-32/h8-13,19,23,32H,3-7,14-15H2,1-2H3,(H,27,34)(H,28,33)(H,29,30)/t23-/m0/s1. The van der Waals surface area contributed by atoms with Gasteiger partial charge in [0.2, 0.25) is 5.91 Å². The first-order valence-electron chi connectivity index (χ1n) is 11.8. The molecule has 34 heavy (non-hydrogen) atoms. The molecule has 1 aliphatic rings. The summed E-state index contributed by atoms with van der Waals surface area (Å²) in [6.07, 6.45) is 6.55. The van der Waals surface area contributed by atoms with Crippen LogP contribution >= 0.6 is 0 Å².